The van der Waals surface area contributed by atoms with Crippen LogP contribution in [0.2, 0.25) is 10.0 Å². The van der Waals surface area contributed by atoms with E-state index in [-0.39, 0.29) is 0 Å². The Kier molecular flexibility index (Phi) is 4.14. The highest BCUT2D eigenvalue weighted by Gasteiger charge is 2.18. The predicted molar refractivity (Wildman–Crippen MR) is 83.1 cm³/mol. The molecule has 1 atom stereocenters. The van der Waals surface area contributed by atoms with Crippen molar-refractivity contribution in [2.75, 3.05) is 0 Å². The fourth-order valence-corrected chi connectivity index (χ4v) is 2.82. The maximum absolute atomic E-state index is 6.07. The summed E-state index contributed by atoms with van der Waals surface area (Å²) in [6.45, 7) is 1.82. The highest BCUT2D eigenvalue weighted by atomic mass is 35.5. The third kappa shape index (κ3) is 3.20. The molecule has 2 aromatic heterocycles. The summed E-state index contributed by atoms with van der Waals surface area (Å²) in [7, 11) is 0. The van der Waals surface area contributed by atoms with E-state index in [1.165, 1.54) is 0 Å². The molecule has 0 saturated carbocycles. The molecule has 1 unspecified atom stereocenters. The Balaban J connectivity index is 1.78. The molecule has 3 aromatic rings. The van der Waals surface area contributed by atoms with E-state index >= 15 is 0 Å². The lowest BCUT2D eigenvalue weighted by Crippen LogP contribution is -2.03. The van der Waals surface area contributed by atoms with Crippen LogP contribution in [0, 0.1) is 0 Å². The first-order valence-corrected chi connectivity index (χ1v) is 7.76. The largest absolute Gasteiger partial charge is 0.479 e. The van der Waals surface area contributed by atoms with Gasteiger partial charge in [0.15, 0.2) is 6.10 Å². The fourth-order valence-electron chi connectivity index (χ4n) is 1.72. The molecule has 0 aliphatic rings. The third-order valence-corrected chi connectivity index (χ3v) is 4.13. The van der Waals surface area contributed by atoms with Crippen molar-refractivity contribution in [3.8, 4) is 16.5 Å². The van der Waals surface area contributed by atoms with Crippen molar-refractivity contribution in [2.45, 2.75) is 13.0 Å². The number of thiophene rings is 1. The van der Waals surface area contributed by atoms with Crippen LogP contribution in [0.4, 0.5) is 0 Å². The Hall–Kier alpha value is -1.56. The Morgan fingerprint density at radius 3 is 2.86 bits per heavy atom. The topological polar surface area (TPSA) is 48.2 Å². The van der Waals surface area contributed by atoms with Gasteiger partial charge >= 0.3 is 0 Å². The van der Waals surface area contributed by atoms with Crippen molar-refractivity contribution in [3.05, 3.63) is 51.6 Å². The van der Waals surface area contributed by atoms with E-state index < -0.39 is 6.10 Å². The maximum Gasteiger partial charge on any atom is 0.267 e. The third-order valence-electron chi connectivity index (χ3n) is 2.73. The zero-order chi connectivity index (χ0) is 14.8. The van der Waals surface area contributed by atoms with Gasteiger partial charge in [0, 0.05) is 5.02 Å². The average Bonchev–Trinajstić information content (AvgIpc) is 3.10. The summed E-state index contributed by atoms with van der Waals surface area (Å²) in [6.07, 6.45) is -0.412. The lowest BCUT2D eigenvalue weighted by molar-refractivity contribution is 0.176. The molecule has 0 bridgehead atoms. The molecule has 0 saturated heterocycles. The van der Waals surface area contributed by atoms with Crippen molar-refractivity contribution < 1.29 is 9.26 Å². The Labute approximate surface area is 135 Å². The van der Waals surface area contributed by atoms with Gasteiger partial charge in [-0.05, 0) is 36.6 Å². The number of rotatable bonds is 4. The van der Waals surface area contributed by atoms with Gasteiger partial charge in [0.1, 0.15) is 5.75 Å². The van der Waals surface area contributed by atoms with Crippen LogP contribution in [0.25, 0.3) is 10.7 Å². The lowest BCUT2D eigenvalue weighted by atomic mass is 10.3. The van der Waals surface area contributed by atoms with E-state index in [1.807, 2.05) is 24.4 Å². The molecule has 3 rings (SSSR count). The summed E-state index contributed by atoms with van der Waals surface area (Å²) in [6, 6.07) is 8.90. The molecule has 1 aromatic carbocycles. The van der Waals surface area contributed by atoms with Gasteiger partial charge in [-0.2, -0.15) is 4.98 Å². The Morgan fingerprint density at radius 2 is 2.14 bits per heavy atom. The molecule has 0 fully saturated rings. The number of halogens is 2. The normalized spacial score (nSPS) is 12.3. The second-order valence-corrected chi connectivity index (χ2v) is 6.06. The van der Waals surface area contributed by atoms with Gasteiger partial charge in [0.05, 0.1) is 9.90 Å². The maximum atomic E-state index is 6.07. The quantitative estimate of drug-likeness (QED) is 0.651. The van der Waals surface area contributed by atoms with Crippen LogP contribution >= 0.6 is 34.5 Å². The van der Waals surface area contributed by atoms with Crippen LogP contribution in [0.3, 0.4) is 0 Å². The summed E-state index contributed by atoms with van der Waals surface area (Å²) in [5.74, 6) is 1.46. The number of nitrogens with zero attached hydrogens (tertiary/aromatic N) is 2. The van der Waals surface area contributed by atoms with Crippen molar-refractivity contribution in [1.82, 2.24) is 10.1 Å². The molecule has 0 N–H and O–H groups in total. The monoisotopic (exact) mass is 340 g/mol. The summed E-state index contributed by atoms with van der Waals surface area (Å²) in [4.78, 5) is 5.28. The van der Waals surface area contributed by atoms with Crippen LogP contribution in [-0.2, 0) is 0 Å². The molecule has 2 heterocycles. The SMILES string of the molecule is CC(Oc1ccc(Cl)cc1Cl)c1nc(-c2cccs2)no1. The molecule has 108 valence electrons. The summed E-state index contributed by atoms with van der Waals surface area (Å²) >= 11 is 13.5. The lowest BCUT2D eigenvalue weighted by Gasteiger charge is -2.12. The summed E-state index contributed by atoms with van der Waals surface area (Å²) in [5.41, 5.74) is 0. The standard InChI is InChI=1S/C14H10Cl2N2O2S/c1-8(19-11-5-4-9(15)7-10(11)16)14-17-13(18-20-14)12-3-2-6-21-12/h2-8H,1H3. The van der Waals surface area contributed by atoms with E-state index in [2.05, 4.69) is 10.1 Å². The van der Waals surface area contributed by atoms with Crippen molar-refractivity contribution in [3.63, 3.8) is 0 Å². The highest BCUT2D eigenvalue weighted by Crippen LogP contribution is 2.31. The van der Waals surface area contributed by atoms with Gasteiger partial charge in [-0.15, -0.1) is 11.3 Å². The minimum absolute atomic E-state index is 0.393. The van der Waals surface area contributed by atoms with Gasteiger partial charge < -0.3 is 9.26 Å². The van der Waals surface area contributed by atoms with Gasteiger partial charge in [-0.3, -0.25) is 0 Å². The first-order valence-electron chi connectivity index (χ1n) is 6.12. The second-order valence-electron chi connectivity index (χ2n) is 4.27. The molecule has 0 aliphatic heterocycles. The molecule has 0 radical (unpaired) electrons. The Bertz CT molecular complexity index is 743. The van der Waals surface area contributed by atoms with Crippen molar-refractivity contribution >= 4 is 34.5 Å². The minimum Gasteiger partial charge on any atom is -0.479 e. The van der Waals surface area contributed by atoms with Crippen LogP contribution < -0.4 is 4.74 Å². The molecule has 4 nitrogen and oxygen atoms in total. The van der Waals surface area contributed by atoms with E-state index in [0.717, 1.165) is 4.88 Å². The van der Waals surface area contributed by atoms with Crippen molar-refractivity contribution in [1.29, 1.82) is 0 Å². The van der Waals surface area contributed by atoms with Crippen LogP contribution in [0.1, 0.15) is 18.9 Å². The van der Waals surface area contributed by atoms with E-state index in [9.17, 15) is 0 Å². The summed E-state index contributed by atoms with van der Waals surface area (Å²) < 4.78 is 11.0. The smallest absolute Gasteiger partial charge is 0.267 e. The first-order chi connectivity index (χ1) is 10.1. The van der Waals surface area contributed by atoms with Gasteiger partial charge in [0.25, 0.3) is 5.89 Å². The second kappa shape index (κ2) is 6.05. The van der Waals surface area contributed by atoms with Crippen LogP contribution in [-0.4, -0.2) is 10.1 Å². The number of aromatic nitrogens is 2. The van der Waals surface area contributed by atoms with Crippen LogP contribution in [0.15, 0.2) is 40.2 Å². The number of hydrogen-bond donors (Lipinski definition) is 0. The molecule has 7 heteroatoms. The van der Waals surface area contributed by atoms with E-state index in [4.69, 9.17) is 32.5 Å². The molecule has 0 spiro atoms. The number of benzene rings is 1. The molecule has 21 heavy (non-hydrogen) atoms. The predicted octanol–water partition coefficient (Wildman–Crippen LogP) is 5.24. The zero-order valence-electron chi connectivity index (χ0n) is 10.9. The average molecular weight is 341 g/mol. The minimum atomic E-state index is -0.412. The number of hydrogen-bond acceptors (Lipinski definition) is 5. The van der Waals surface area contributed by atoms with E-state index in [0.29, 0.717) is 27.5 Å². The molecule has 0 aliphatic carbocycles. The molecular weight excluding hydrogens is 331 g/mol. The highest BCUT2D eigenvalue weighted by molar-refractivity contribution is 7.13. The molecular formula is C14H10Cl2N2O2S. The van der Waals surface area contributed by atoms with Gasteiger partial charge in [-0.25, -0.2) is 0 Å². The first kappa shape index (κ1) is 14.4. The summed E-state index contributed by atoms with van der Waals surface area (Å²) in [5, 5.41) is 6.90. The molecule has 0 amide bonds. The van der Waals surface area contributed by atoms with Crippen LogP contribution in [0.5, 0.6) is 5.75 Å². The van der Waals surface area contributed by atoms with Gasteiger partial charge in [0.2, 0.25) is 5.82 Å². The van der Waals surface area contributed by atoms with Gasteiger partial charge in [-0.1, -0.05) is 34.4 Å². The van der Waals surface area contributed by atoms with Crippen molar-refractivity contribution in [2.24, 2.45) is 0 Å². The number of ether oxygens (including phenoxy) is 1. The Morgan fingerprint density at radius 1 is 1.29 bits per heavy atom. The fraction of sp³-hybridized carbons (Fsp3) is 0.143. The van der Waals surface area contributed by atoms with E-state index in [1.54, 1.807) is 29.5 Å². The zero-order valence-corrected chi connectivity index (χ0v) is 13.2.